The van der Waals surface area contributed by atoms with Crippen molar-refractivity contribution >= 4 is 28.3 Å². The lowest BCUT2D eigenvalue weighted by molar-refractivity contribution is 0.735. The molecule has 0 aliphatic rings. The van der Waals surface area contributed by atoms with Crippen LogP contribution in [0.4, 0.5) is 0 Å². The highest BCUT2D eigenvalue weighted by Gasteiger charge is 2.06. The van der Waals surface area contributed by atoms with Crippen molar-refractivity contribution in [1.29, 1.82) is 0 Å². The van der Waals surface area contributed by atoms with Gasteiger partial charge in [0.25, 0.3) is 0 Å². The average Bonchev–Trinajstić information content (AvgIpc) is 2.09. The molecule has 78 valence electrons. The summed E-state index contributed by atoms with van der Waals surface area (Å²) in [6, 6.07) is 6.24. The van der Waals surface area contributed by atoms with Crippen LogP contribution in [-0.4, -0.2) is 0 Å². The van der Waals surface area contributed by atoms with E-state index in [0.717, 1.165) is 10.9 Å². The maximum atomic E-state index is 5.98. The second-order valence-electron chi connectivity index (χ2n) is 3.13. The molecular formula is C11H15BrClN. The highest BCUT2D eigenvalue weighted by atomic mass is 79.9. The van der Waals surface area contributed by atoms with Gasteiger partial charge < -0.3 is 5.73 Å². The molecule has 0 saturated carbocycles. The molecule has 0 saturated heterocycles. The van der Waals surface area contributed by atoms with Crippen LogP contribution in [0.2, 0.25) is 0 Å². The Hall–Kier alpha value is -0.310. The van der Waals surface area contributed by atoms with Gasteiger partial charge in [-0.25, -0.2) is 0 Å². The summed E-state index contributed by atoms with van der Waals surface area (Å²) < 4.78 is 1.08. The fraction of sp³-hybridized carbons (Fsp3) is 0.273. The molecule has 0 bridgehead atoms. The van der Waals surface area contributed by atoms with Crippen LogP contribution >= 0.6 is 28.3 Å². The van der Waals surface area contributed by atoms with Crippen molar-refractivity contribution < 1.29 is 0 Å². The fourth-order valence-electron chi connectivity index (χ4n) is 1.32. The summed E-state index contributed by atoms with van der Waals surface area (Å²) in [5, 5.41) is 0. The van der Waals surface area contributed by atoms with E-state index in [2.05, 4.69) is 41.6 Å². The van der Waals surface area contributed by atoms with Crippen molar-refractivity contribution in [2.75, 3.05) is 0 Å². The van der Waals surface area contributed by atoms with Gasteiger partial charge in [0.1, 0.15) is 0 Å². The average molecular weight is 277 g/mol. The van der Waals surface area contributed by atoms with Gasteiger partial charge in [0.15, 0.2) is 0 Å². The van der Waals surface area contributed by atoms with Gasteiger partial charge in [-0.2, -0.15) is 0 Å². The standard InChI is InChI=1S/C11H14BrN.ClH/c1-3-4-11(13)10-7-9(12)6-5-8(10)2;/h3,5-7,11H,1,4,13H2,2H3;1H/t11-;/m1./s1. The van der Waals surface area contributed by atoms with E-state index in [9.17, 15) is 0 Å². The molecule has 0 aromatic heterocycles. The lowest BCUT2D eigenvalue weighted by Crippen LogP contribution is -2.10. The van der Waals surface area contributed by atoms with Gasteiger partial charge in [-0.1, -0.05) is 28.1 Å². The molecule has 0 heterocycles. The summed E-state index contributed by atoms with van der Waals surface area (Å²) in [5.41, 5.74) is 8.41. The van der Waals surface area contributed by atoms with Crippen LogP contribution < -0.4 is 5.73 Å². The maximum absolute atomic E-state index is 5.98. The van der Waals surface area contributed by atoms with E-state index in [4.69, 9.17) is 5.73 Å². The van der Waals surface area contributed by atoms with E-state index in [-0.39, 0.29) is 18.4 Å². The number of hydrogen-bond donors (Lipinski definition) is 1. The molecule has 3 heteroatoms. The smallest absolute Gasteiger partial charge is 0.0332 e. The molecule has 1 aromatic rings. The molecular weight excluding hydrogens is 261 g/mol. The molecule has 1 nitrogen and oxygen atoms in total. The third-order valence-electron chi connectivity index (χ3n) is 2.06. The Morgan fingerprint density at radius 2 is 2.21 bits per heavy atom. The van der Waals surface area contributed by atoms with Crippen LogP contribution in [0, 0.1) is 6.92 Å². The third kappa shape index (κ3) is 3.45. The topological polar surface area (TPSA) is 26.0 Å². The minimum Gasteiger partial charge on any atom is -0.324 e. The molecule has 2 N–H and O–H groups in total. The second-order valence-corrected chi connectivity index (χ2v) is 4.05. The van der Waals surface area contributed by atoms with Crippen LogP contribution in [0.15, 0.2) is 35.3 Å². The zero-order valence-electron chi connectivity index (χ0n) is 8.16. The highest BCUT2D eigenvalue weighted by Crippen LogP contribution is 2.22. The van der Waals surface area contributed by atoms with E-state index in [1.165, 1.54) is 11.1 Å². The Bertz CT molecular complexity index is 312. The number of aryl methyl sites for hydroxylation is 1. The van der Waals surface area contributed by atoms with E-state index < -0.39 is 0 Å². The first-order valence-corrected chi connectivity index (χ1v) is 5.07. The van der Waals surface area contributed by atoms with Crippen molar-refractivity contribution in [2.24, 2.45) is 5.73 Å². The van der Waals surface area contributed by atoms with Crippen LogP contribution in [0.5, 0.6) is 0 Å². The van der Waals surface area contributed by atoms with Crippen molar-refractivity contribution in [3.05, 3.63) is 46.5 Å². The summed E-state index contributed by atoms with van der Waals surface area (Å²) in [5.74, 6) is 0. The molecule has 0 unspecified atom stereocenters. The molecule has 14 heavy (non-hydrogen) atoms. The number of rotatable bonds is 3. The van der Waals surface area contributed by atoms with Crippen molar-refractivity contribution in [1.82, 2.24) is 0 Å². The number of hydrogen-bond acceptors (Lipinski definition) is 1. The molecule has 0 radical (unpaired) electrons. The number of benzene rings is 1. The SMILES string of the molecule is C=CC[C@@H](N)c1cc(Br)ccc1C.Cl. The molecule has 0 fully saturated rings. The Balaban J connectivity index is 0.00000169. The first-order chi connectivity index (χ1) is 6.15. The maximum Gasteiger partial charge on any atom is 0.0332 e. The number of halogens is 2. The minimum absolute atomic E-state index is 0. The van der Waals surface area contributed by atoms with Crippen LogP contribution in [0.1, 0.15) is 23.6 Å². The molecule has 1 aromatic carbocycles. The van der Waals surface area contributed by atoms with E-state index in [0.29, 0.717) is 0 Å². The van der Waals surface area contributed by atoms with Crippen LogP contribution in [0.25, 0.3) is 0 Å². The zero-order valence-corrected chi connectivity index (χ0v) is 10.6. The Labute approximate surface area is 99.9 Å². The molecule has 0 spiro atoms. The Morgan fingerprint density at radius 3 is 2.79 bits per heavy atom. The minimum atomic E-state index is 0. The van der Waals surface area contributed by atoms with Crippen LogP contribution in [0.3, 0.4) is 0 Å². The van der Waals surface area contributed by atoms with E-state index in [1.54, 1.807) is 0 Å². The van der Waals surface area contributed by atoms with E-state index in [1.807, 2.05) is 12.1 Å². The first kappa shape index (κ1) is 13.7. The van der Waals surface area contributed by atoms with Crippen molar-refractivity contribution in [2.45, 2.75) is 19.4 Å². The quantitative estimate of drug-likeness (QED) is 0.836. The van der Waals surface area contributed by atoms with Gasteiger partial charge in [0, 0.05) is 10.5 Å². The predicted molar refractivity (Wildman–Crippen MR) is 67.9 cm³/mol. The highest BCUT2D eigenvalue weighted by molar-refractivity contribution is 9.10. The van der Waals surface area contributed by atoms with Gasteiger partial charge in [-0.15, -0.1) is 19.0 Å². The van der Waals surface area contributed by atoms with Gasteiger partial charge in [0.2, 0.25) is 0 Å². The normalized spacial score (nSPS) is 11.6. The summed E-state index contributed by atoms with van der Waals surface area (Å²) in [6.07, 6.45) is 2.67. The predicted octanol–water partition coefficient (Wildman–Crippen LogP) is 3.76. The first-order valence-electron chi connectivity index (χ1n) is 4.27. The Morgan fingerprint density at radius 1 is 1.57 bits per heavy atom. The molecule has 1 atom stereocenters. The molecule has 0 amide bonds. The zero-order chi connectivity index (χ0) is 9.84. The van der Waals surface area contributed by atoms with Gasteiger partial charge >= 0.3 is 0 Å². The van der Waals surface area contributed by atoms with Gasteiger partial charge in [-0.3, -0.25) is 0 Å². The molecule has 1 rings (SSSR count). The van der Waals surface area contributed by atoms with Crippen LogP contribution in [-0.2, 0) is 0 Å². The largest absolute Gasteiger partial charge is 0.324 e. The van der Waals surface area contributed by atoms with Gasteiger partial charge in [-0.05, 0) is 36.6 Å². The Kier molecular flexibility index (Phi) is 6.09. The lowest BCUT2D eigenvalue weighted by atomic mass is 10.00. The molecule has 0 aliphatic heterocycles. The lowest BCUT2D eigenvalue weighted by Gasteiger charge is -2.12. The summed E-state index contributed by atoms with van der Waals surface area (Å²) in [4.78, 5) is 0. The fourth-order valence-corrected chi connectivity index (χ4v) is 1.70. The summed E-state index contributed by atoms with van der Waals surface area (Å²) in [7, 11) is 0. The summed E-state index contributed by atoms with van der Waals surface area (Å²) in [6.45, 7) is 5.76. The summed E-state index contributed by atoms with van der Waals surface area (Å²) >= 11 is 3.43. The second kappa shape index (κ2) is 6.23. The van der Waals surface area contributed by atoms with E-state index >= 15 is 0 Å². The molecule has 0 aliphatic carbocycles. The monoisotopic (exact) mass is 275 g/mol. The number of nitrogens with two attached hydrogens (primary N) is 1. The third-order valence-corrected chi connectivity index (χ3v) is 2.55. The van der Waals surface area contributed by atoms with Crippen molar-refractivity contribution in [3.8, 4) is 0 Å². The van der Waals surface area contributed by atoms with Gasteiger partial charge in [0.05, 0.1) is 0 Å². The van der Waals surface area contributed by atoms with Crippen molar-refractivity contribution in [3.63, 3.8) is 0 Å².